The number of hydrogen-bond acceptors (Lipinski definition) is 3. The van der Waals surface area contributed by atoms with Gasteiger partial charge in [0.05, 0.1) is 32.9 Å². The number of morpholine rings is 1. The molecule has 1 saturated heterocycles. The van der Waals surface area contributed by atoms with Gasteiger partial charge in [-0.2, -0.15) is 0 Å². The smallest absolute Gasteiger partial charge is 0.254 e. The van der Waals surface area contributed by atoms with Crippen molar-refractivity contribution in [3.05, 3.63) is 41.5 Å². The molecular formula is C23H31N2O3+. The first-order valence-electron chi connectivity index (χ1n) is 10.9. The van der Waals surface area contributed by atoms with Gasteiger partial charge in [0.15, 0.2) is 0 Å². The number of benzene rings is 1. The monoisotopic (exact) mass is 383 g/mol. The second-order valence-electron chi connectivity index (χ2n) is 8.82. The van der Waals surface area contributed by atoms with Gasteiger partial charge in [-0.3, -0.25) is 4.79 Å². The molecule has 1 saturated carbocycles. The number of ether oxygens (including phenoxy) is 2. The normalized spacial score (nSPS) is 28.4. The Kier molecular flexibility index (Phi) is 5.12. The third-order valence-corrected chi connectivity index (χ3v) is 7.03. The zero-order chi connectivity index (χ0) is 18.9. The van der Waals surface area contributed by atoms with E-state index in [9.17, 15) is 4.79 Å². The molecule has 0 unspecified atom stereocenters. The minimum atomic E-state index is 0.189. The number of carbonyl (C=O) groups excluding carboxylic acids is 1. The molecule has 1 aromatic carbocycles. The third-order valence-electron chi connectivity index (χ3n) is 7.03. The maximum Gasteiger partial charge on any atom is 0.254 e. The first kappa shape index (κ1) is 18.2. The molecule has 1 amide bonds. The lowest BCUT2D eigenvalue weighted by Crippen LogP contribution is -3.14. The summed E-state index contributed by atoms with van der Waals surface area (Å²) in [6.07, 6.45) is 8.21. The van der Waals surface area contributed by atoms with Gasteiger partial charge in [0, 0.05) is 18.5 Å². The summed E-state index contributed by atoms with van der Waals surface area (Å²) in [5.41, 5.74) is 1.99. The molecule has 2 fully saturated rings. The maximum absolute atomic E-state index is 13.4. The second-order valence-corrected chi connectivity index (χ2v) is 8.82. The first-order valence-corrected chi connectivity index (χ1v) is 10.9. The maximum atomic E-state index is 13.4. The van der Waals surface area contributed by atoms with Gasteiger partial charge in [-0.05, 0) is 54.4 Å². The number of hydrogen-bond donors (Lipinski definition) is 1. The lowest BCUT2D eigenvalue weighted by atomic mass is 9.93. The predicted octanol–water partition coefficient (Wildman–Crippen LogP) is 1.19. The highest BCUT2D eigenvalue weighted by molar-refractivity contribution is 5.94. The molecule has 28 heavy (non-hydrogen) atoms. The van der Waals surface area contributed by atoms with E-state index in [-0.39, 0.29) is 5.91 Å². The summed E-state index contributed by atoms with van der Waals surface area (Å²) in [5, 5.41) is 0. The van der Waals surface area contributed by atoms with E-state index in [1.807, 2.05) is 12.1 Å². The molecule has 3 atom stereocenters. The minimum absolute atomic E-state index is 0.189. The van der Waals surface area contributed by atoms with E-state index in [1.54, 1.807) is 4.90 Å². The molecule has 1 N–H and O–H groups in total. The van der Waals surface area contributed by atoms with Crippen LogP contribution in [0.5, 0.6) is 5.75 Å². The molecule has 4 aliphatic rings. The van der Waals surface area contributed by atoms with Crippen LogP contribution in [0.2, 0.25) is 0 Å². The first-order chi connectivity index (χ1) is 13.8. The van der Waals surface area contributed by atoms with Crippen molar-refractivity contribution < 1.29 is 19.2 Å². The van der Waals surface area contributed by atoms with E-state index in [0.29, 0.717) is 11.8 Å². The molecular weight excluding hydrogens is 352 g/mol. The number of nitrogens with one attached hydrogen (secondary N) is 1. The highest BCUT2D eigenvalue weighted by atomic mass is 16.5. The summed E-state index contributed by atoms with van der Waals surface area (Å²) in [6, 6.07) is 5.98. The van der Waals surface area contributed by atoms with Gasteiger partial charge in [-0.1, -0.05) is 12.2 Å². The second kappa shape index (κ2) is 7.88. The number of quaternary nitrogens is 1. The highest BCUT2D eigenvalue weighted by Gasteiger charge is 2.37. The van der Waals surface area contributed by atoms with Crippen molar-refractivity contribution in [2.45, 2.75) is 19.3 Å². The summed E-state index contributed by atoms with van der Waals surface area (Å²) in [5.74, 6) is 3.17. The van der Waals surface area contributed by atoms with Crippen LogP contribution in [0.15, 0.2) is 30.4 Å². The zero-order valence-corrected chi connectivity index (χ0v) is 16.6. The molecule has 150 valence electrons. The van der Waals surface area contributed by atoms with E-state index < -0.39 is 0 Å². The van der Waals surface area contributed by atoms with Crippen LogP contribution in [-0.2, 0) is 11.2 Å². The van der Waals surface area contributed by atoms with Crippen molar-refractivity contribution in [1.82, 2.24) is 4.90 Å². The van der Waals surface area contributed by atoms with Crippen LogP contribution in [-0.4, -0.2) is 63.4 Å². The Balaban J connectivity index is 1.30. The Morgan fingerprint density at radius 1 is 1.14 bits per heavy atom. The Labute approximate surface area is 167 Å². The third kappa shape index (κ3) is 3.70. The van der Waals surface area contributed by atoms with Crippen molar-refractivity contribution in [1.29, 1.82) is 0 Å². The largest absolute Gasteiger partial charge is 0.493 e. The summed E-state index contributed by atoms with van der Waals surface area (Å²) in [6.45, 7) is 7.25. The number of nitrogens with zero attached hydrogens (tertiary/aromatic N) is 1. The van der Waals surface area contributed by atoms with Crippen molar-refractivity contribution in [2.24, 2.45) is 17.8 Å². The van der Waals surface area contributed by atoms with Crippen LogP contribution >= 0.6 is 0 Å². The van der Waals surface area contributed by atoms with Gasteiger partial charge >= 0.3 is 0 Å². The van der Waals surface area contributed by atoms with Gasteiger partial charge in [0.1, 0.15) is 18.8 Å². The molecule has 2 aliphatic heterocycles. The van der Waals surface area contributed by atoms with Crippen molar-refractivity contribution >= 4 is 5.91 Å². The summed E-state index contributed by atoms with van der Waals surface area (Å²) in [4.78, 5) is 17.1. The number of rotatable bonds is 6. The molecule has 1 aromatic rings. The Bertz CT molecular complexity index is 756. The molecule has 0 spiro atoms. The quantitative estimate of drug-likeness (QED) is 0.751. The van der Waals surface area contributed by atoms with E-state index >= 15 is 0 Å². The van der Waals surface area contributed by atoms with Crippen LogP contribution in [0.3, 0.4) is 0 Å². The minimum Gasteiger partial charge on any atom is -0.493 e. The fourth-order valence-electron chi connectivity index (χ4n) is 5.37. The van der Waals surface area contributed by atoms with Crippen LogP contribution in [0.1, 0.15) is 28.8 Å². The molecule has 2 bridgehead atoms. The van der Waals surface area contributed by atoms with Gasteiger partial charge in [-0.25, -0.2) is 0 Å². The molecule has 5 rings (SSSR count). The summed E-state index contributed by atoms with van der Waals surface area (Å²) < 4.78 is 11.1. The number of fused-ring (bicyclic) bond motifs is 3. The van der Waals surface area contributed by atoms with Crippen molar-refractivity contribution in [3.8, 4) is 5.75 Å². The van der Waals surface area contributed by atoms with E-state index in [2.05, 4.69) is 23.1 Å². The van der Waals surface area contributed by atoms with Crippen molar-refractivity contribution in [2.75, 3.05) is 52.5 Å². The summed E-state index contributed by atoms with van der Waals surface area (Å²) >= 11 is 0. The van der Waals surface area contributed by atoms with Crippen LogP contribution < -0.4 is 9.64 Å². The topological polar surface area (TPSA) is 43.2 Å². The van der Waals surface area contributed by atoms with Gasteiger partial charge in [0.25, 0.3) is 5.91 Å². The number of allylic oxidation sites excluding steroid dienone is 2. The fraction of sp³-hybridized carbons (Fsp3) is 0.609. The number of amides is 1. The van der Waals surface area contributed by atoms with Gasteiger partial charge < -0.3 is 19.3 Å². The van der Waals surface area contributed by atoms with Crippen LogP contribution in [0.25, 0.3) is 0 Å². The molecule has 0 aromatic heterocycles. The lowest BCUT2D eigenvalue weighted by molar-refractivity contribution is -0.907. The highest BCUT2D eigenvalue weighted by Crippen LogP contribution is 2.43. The molecule has 5 heteroatoms. The van der Waals surface area contributed by atoms with Gasteiger partial charge in [0.2, 0.25) is 0 Å². The zero-order valence-electron chi connectivity index (χ0n) is 16.6. The average Bonchev–Trinajstić information content (AvgIpc) is 3.47. The fourth-order valence-corrected chi connectivity index (χ4v) is 5.37. The summed E-state index contributed by atoms with van der Waals surface area (Å²) in [7, 11) is 0. The van der Waals surface area contributed by atoms with Gasteiger partial charge in [-0.15, -0.1) is 0 Å². The van der Waals surface area contributed by atoms with Crippen LogP contribution in [0.4, 0.5) is 0 Å². The predicted molar refractivity (Wildman–Crippen MR) is 107 cm³/mol. The Hall–Kier alpha value is -1.85. The van der Waals surface area contributed by atoms with E-state index in [0.717, 1.165) is 76.2 Å². The van der Waals surface area contributed by atoms with E-state index in [1.165, 1.54) is 18.4 Å². The Morgan fingerprint density at radius 3 is 2.82 bits per heavy atom. The molecule has 0 radical (unpaired) electrons. The SMILES string of the molecule is O=C(c1ccc2c(c1)CCO2)N(CC[NH+]1CCOCC1)C[C@@H]1C[C@@H]2C=C[C@H]1C2. The number of carbonyl (C=O) groups is 1. The average molecular weight is 384 g/mol. The van der Waals surface area contributed by atoms with E-state index in [4.69, 9.17) is 9.47 Å². The van der Waals surface area contributed by atoms with Crippen molar-refractivity contribution in [3.63, 3.8) is 0 Å². The molecule has 2 heterocycles. The lowest BCUT2D eigenvalue weighted by Gasteiger charge is -2.31. The van der Waals surface area contributed by atoms with Crippen LogP contribution in [0, 0.1) is 17.8 Å². The molecule has 5 nitrogen and oxygen atoms in total. The molecule has 2 aliphatic carbocycles. The Morgan fingerprint density at radius 2 is 2.04 bits per heavy atom. The standard InChI is InChI=1S/C23H30N2O3/c26-23(20-3-4-22-19(15-20)5-10-28-22)25(7-6-24-8-11-27-12-9-24)16-21-14-17-1-2-18(21)13-17/h1-4,15,17-18,21H,5-14,16H2/p+1/t17-,18+,21+/m1/s1.